The van der Waals surface area contributed by atoms with E-state index in [1.54, 1.807) is 4.90 Å². The van der Waals surface area contributed by atoms with E-state index in [0.717, 1.165) is 0 Å². The zero-order chi connectivity index (χ0) is 15.3. The predicted molar refractivity (Wildman–Crippen MR) is 76.7 cm³/mol. The minimum absolute atomic E-state index is 0.0237. The Balaban J connectivity index is 3.02. The number of carbonyl (C=O) groups excluding carboxylic acids is 1. The molecule has 0 aliphatic carbocycles. The van der Waals surface area contributed by atoms with Gasteiger partial charge in [-0.25, -0.2) is 15.2 Å². The monoisotopic (exact) mass is 283 g/mol. The molecule has 7 heteroatoms. The average molecular weight is 283 g/mol. The van der Waals surface area contributed by atoms with Crippen molar-refractivity contribution < 1.29 is 9.18 Å². The molecule has 1 unspecified atom stereocenters. The van der Waals surface area contributed by atoms with Gasteiger partial charge >= 0.3 is 0 Å². The number of carbonyl (C=O) groups is 1. The van der Waals surface area contributed by atoms with Crippen LogP contribution in [-0.2, 0) is 0 Å². The molecular weight excluding hydrogens is 261 g/mol. The lowest BCUT2D eigenvalue weighted by Gasteiger charge is -2.30. The van der Waals surface area contributed by atoms with Crippen molar-refractivity contribution in [3.8, 4) is 0 Å². The summed E-state index contributed by atoms with van der Waals surface area (Å²) in [7, 11) is 3.86. The molecule has 6 nitrogen and oxygen atoms in total. The van der Waals surface area contributed by atoms with Gasteiger partial charge < -0.3 is 15.2 Å². The molecule has 0 bridgehead atoms. The van der Waals surface area contributed by atoms with E-state index in [2.05, 4.69) is 10.4 Å². The molecule has 1 aromatic rings. The highest BCUT2D eigenvalue weighted by molar-refractivity contribution is 5.95. The van der Waals surface area contributed by atoms with Crippen LogP contribution in [0, 0.1) is 5.82 Å². The van der Waals surface area contributed by atoms with Crippen LogP contribution in [0.5, 0.6) is 0 Å². The number of rotatable bonds is 6. The summed E-state index contributed by atoms with van der Waals surface area (Å²) in [4.78, 5) is 19.8. The Morgan fingerprint density at radius 3 is 2.70 bits per heavy atom. The largest absolute Gasteiger partial charge is 0.335 e. The zero-order valence-electron chi connectivity index (χ0n) is 12.4. The highest BCUT2D eigenvalue weighted by Crippen LogP contribution is 2.17. The van der Waals surface area contributed by atoms with Gasteiger partial charge in [0.25, 0.3) is 5.91 Å². The summed E-state index contributed by atoms with van der Waals surface area (Å²) in [6.45, 7) is 5.00. The van der Waals surface area contributed by atoms with E-state index in [1.807, 2.05) is 32.8 Å². The van der Waals surface area contributed by atoms with Crippen molar-refractivity contribution >= 4 is 11.7 Å². The molecule has 112 valence electrons. The van der Waals surface area contributed by atoms with Gasteiger partial charge in [0, 0.05) is 25.3 Å². The Hall–Kier alpha value is -1.73. The Bertz CT molecular complexity index is 466. The number of hydrogen-bond acceptors (Lipinski definition) is 5. The van der Waals surface area contributed by atoms with Gasteiger partial charge in [0.05, 0.1) is 5.56 Å². The van der Waals surface area contributed by atoms with Gasteiger partial charge in [0.2, 0.25) is 0 Å². The van der Waals surface area contributed by atoms with Gasteiger partial charge in [0.1, 0.15) is 0 Å². The molecule has 1 heterocycles. The molecule has 0 radical (unpaired) electrons. The summed E-state index contributed by atoms with van der Waals surface area (Å²) >= 11 is 0. The Morgan fingerprint density at radius 2 is 2.20 bits per heavy atom. The van der Waals surface area contributed by atoms with E-state index >= 15 is 0 Å². The van der Waals surface area contributed by atoms with Gasteiger partial charge in [-0.3, -0.25) is 4.79 Å². The molecule has 0 aromatic carbocycles. The first-order chi connectivity index (χ1) is 9.42. The summed E-state index contributed by atoms with van der Waals surface area (Å²) in [6, 6.07) is 1.34. The standard InChI is InChI=1S/C13H22FN5O/c1-5-19(9(2)8-18(3)4)13(20)10-6-7-16-12(17-15)11(10)14/h6-7,9H,5,8,15H2,1-4H3,(H,16,17). The average Bonchev–Trinajstić information content (AvgIpc) is 2.38. The molecule has 1 amide bonds. The molecule has 1 rings (SSSR count). The highest BCUT2D eigenvalue weighted by atomic mass is 19.1. The molecule has 0 saturated carbocycles. The molecule has 0 aliphatic rings. The van der Waals surface area contributed by atoms with E-state index in [9.17, 15) is 9.18 Å². The van der Waals surface area contributed by atoms with Gasteiger partial charge in [-0.05, 0) is 34.0 Å². The summed E-state index contributed by atoms with van der Waals surface area (Å²) < 4.78 is 14.1. The number of likely N-dealkylation sites (N-methyl/N-ethyl adjacent to an activating group) is 2. The molecule has 1 atom stereocenters. The second kappa shape index (κ2) is 7.16. The topological polar surface area (TPSA) is 74.5 Å². The number of pyridine rings is 1. The van der Waals surface area contributed by atoms with Crippen LogP contribution in [0.2, 0.25) is 0 Å². The quantitative estimate of drug-likeness (QED) is 0.600. The second-order valence-electron chi connectivity index (χ2n) is 4.87. The third-order valence-electron chi connectivity index (χ3n) is 3.02. The maximum atomic E-state index is 14.1. The highest BCUT2D eigenvalue weighted by Gasteiger charge is 2.24. The Kier molecular flexibility index (Phi) is 5.84. The lowest BCUT2D eigenvalue weighted by atomic mass is 10.1. The maximum absolute atomic E-state index is 14.1. The zero-order valence-corrected chi connectivity index (χ0v) is 12.4. The van der Waals surface area contributed by atoms with E-state index in [-0.39, 0.29) is 23.3 Å². The minimum Gasteiger partial charge on any atom is -0.335 e. The SMILES string of the molecule is CCN(C(=O)c1ccnc(NN)c1F)C(C)CN(C)C. The van der Waals surface area contributed by atoms with Crippen molar-refractivity contribution in [2.45, 2.75) is 19.9 Å². The third-order valence-corrected chi connectivity index (χ3v) is 3.02. The van der Waals surface area contributed by atoms with E-state index in [0.29, 0.717) is 13.1 Å². The van der Waals surface area contributed by atoms with Gasteiger partial charge in [-0.2, -0.15) is 0 Å². The van der Waals surface area contributed by atoms with E-state index in [1.165, 1.54) is 12.3 Å². The van der Waals surface area contributed by atoms with Crippen LogP contribution in [-0.4, -0.2) is 53.9 Å². The molecule has 0 saturated heterocycles. The van der Waals surface area contributed by atoms with Crippen molar-refractivity contribution in [1.29, 1.82) is 0 Å². The van der Waals surface area contributed by atoms with Gasteiger partial charge in [-0.15, -0.1) is 0 Å². The first kappa shape index (κ1) is 16.3. The van der Waals surface area contributed by atoms with Crippen LogP contribution in [0.4, 0.5) is 10.2 Å². The smallest absolute Gasteiger partial charge is 0.257 e. The van der Waals surface area contributed by atoms with Crippen molar-refractivity contribution in [2.75, 3.05) is 32.6 Å². The van der Waals surface area contributed by atoms with Crippen molar-refractivity contribution in [1.82, 2.24) is 14.8 Å². The summed E-state index contributed by atoms with van der Waals surface area (Å²) in [5, 5.41) is 0. The fourth-order valence-corrected chi connectivity index (χ4v) is 2.15. The van der Waals surface area contributed by atoms with Crippen molar-refractivity contribution in [3.05, 3.63) is 23.6 Å². The van der Waals surface area contributed by atoms with Gasteiger partial charge in [0.15, 0.2) is 11.6 Å². The fraction of sp³-hybridized carbons (Fsp3) is 0.538. The molecule has 1 aromatic heterocycles. The number of hydrazine groups is 1. The number of halogens is 1. The molecule has 0 fully saturated rings. The third kappa shape index (κ3) is 3.64. The lowest BCUT2D eigenvalue weighted by Crippen LogP contribution is -2.44. The Morgan fingerprint density at radius 1 is 1.55 bits per heavy atom. The van der Waals surface area contributed by atoms with E-state index < -0.39 is 5.82 Å². The minimum atomic E-state index is -0.726. The summed E-state index contributed by atoms with van der Waals surface area (Å²) in [6.07, 6.45) is 1.36. The number of aromatic nitrogens is 1. The van der Waals surface area contributed by atoms with Crippen LogP contribution in [0.1, 0.15) is 24.2 Å². The number of nitrogens with one attached hydrogen (secondary N) is 1. The summed E-state index contributed by atoms with van der Waals surface area (Å²) in [5.74, 6) is 3.95. The molecule has 0 aliphatic heterocycles. The molecular formula is C13H22FN5O. The normalized spacial score (nSPS) is 12.3. The lowest BCUT2D eigenvalue weighted by molar-refractivity contribution is 0.0674. The number of nitrogen functional groups attached to an aromatic ring is 1. The number of nitrogens with zero attached hydrogens (tertiary/aromatic N) is 3. The van der Waals surface area contributed by atoms with Crippen LogP contribution < -0.4 is 11.3 Å². The van der Waals surface area contributed by atoms with Crippen molar-refractivity contribution in [3.63, 3.8) is 0 Å². The first-order valence-corrected chi connectivity index (χ1v) is 6.49. The first-order valence-electron chi connectivity index (χ1n) is 6.49. The van der Waals surface area contributed by atoms with Crippen LogP contribution in [0.15, 0.2) is 12.3 Å². The Labute approximate surface area is 118 Å². The molecule has 20 heavy (non-hydrogen) atoms. The van der Waals surface area contributed by atoms with Crippen LogP contribution >= 0.6 is 0 Å². The van der Waals surface area contributed by atoms with Crippen LogP contribution in [0.3, 0.4) is 0 Å². The maximum Gasteiger partial charge on any atom is 0.257 e. The van der Waals surface area contributed by atoms with E-state index in [4.69, 9.17) is 5.84 Å². The second-order valence-corrected chi connectivity index (χ2v) is 4.87. The fourth-order valence-electron chi connectivity index (χ4n) is 2.15. The predicted octanol–water partition coefficient (Wildman–Crippen LogP) is 0.919. The van der Waals surface area contributed by atoms with Gasteiger partial charge in [-0.1, -0.05) is 0 Å². The number of nitrogens with two attached hydrogens (primary N) is 1. The molecule has 3 N–H and O–H groups in total. The summed E-state index contributed by atoms with van der Waals surface area (Å²) in [5.41, 5.74) is 2.12. The number of hydrogen-bond donors (Lipinski definition) is 2. The van der Waals surface area contributed by atoms with Crippen molar-refractivity contribution in [2.24, 2.45) is 5.84 Å². The number of anilines is 1. The van der Waals surface area contributed by atoms with Crippen LogP contribution in [0.25, 0.3) is 0 Å². The number of amides is 1. The molecule has 0 spiro atoms.